The van der Waals surface area contributed by atoms with Crippen molar-refractivity contribution in [2.24, 2.45) is 0 Å². The van der Waals surface area contributed by atoms with Crippen molar-refractivity contribution in [2.75, 3.05) is 13.2 Å². The van der Waals surface area contributed by atoms with Crippen LogP contribution in [0.2, 0.25) is 0 Å². The highest BCUT2D eigenvalue weighted by Crippen LogP contribution is 2.05. The summed E-state index contributed by atoms with van der Waals surface area (Å²) in [7, 11) is 0. The molecule has 0 atom stereocenters. The zero-order valence-corrected chi connectivity index (χ0v) is 10.0. The number of halogens is 1. The fraction of sp³-hybridized carbons (Fsp3) is 0.462. The molecule has 3 nitrogen and oxygen atoms in total. The number of hydrogen-bond acceptors (Lipinski definition) is 3. The predicted octanol–water partition coefficient (Wildman–Crippen LogP) is 2.26. The summed E-state index contributed by atoms with van der Waals surface area (Å²) in [6.07, 6.45) is 1.10. The first-order valence-corrected chi connectivity index (χ1v) is 5.83. The Hall–Kier alpha value is -1.42. The van der Waals surface area contributed by atoms with Crippen molar-refractivity contribution in [1.82, 2.24) is 5.32 Å². The standard InChI is InChI=1S/C13H18FNO2/c1-2-17-13(16)8-5-9-15-10-11-6-3-4-7-12(11)14/h3-4,6-7,15H,2,5,8-10H2,1H3. The Bertz CT molecular complexity index is 355. The minimum Gasteiger partial charge on any atom is -0.466 e. The third kappa shape index (κ3) is 5.45. The van der Waals surface area contributed by atoms with Crippen molar-refractivity contribution in [3.8, 4) is 0 Å². The van der Waals surface area contributed by atoms with Crippen molar-refractivity contribution in [2.45, 2.75) is 26.3 Å². The van der Waals surface area contributed by atoms with Gasteiger partial charge in [-0.2, -0.15) is 0 Å². The minimum atomic E-state index is -0.203. The molecule has 1 rings (SSSR count). The Morgan fingerprint density at radius 1 is 1.41 bits per heavy atom. The van der Waals surface area contributed by atoms with Crippen molar-refractivity contribution < 1.29 is 13.9 Å². The van der Waals surface area contributed by atoms with E-state index in [1.165, 1.54) is 6.07 Å². The van der Waals surface area contributed by atoms with Crippen LogP contribution in [0.4, 0.5) is 4.39 Å². The van der Waals surface area contributed by atoms with Crippen LogP contribution in [0.1, 0.15) is 25.3 Å². The third-order valence-electron chi connectivity index (χ3n) is 2.31. The zero-order chi connectivity index (χ0) is 12.5. The molecule has 0 aliphatic carbocycles. The quantitative estimate of drug-likeness (QED) is 0.586. The lowest BCUT2D eigenvalue weighted by atomic mass is 10.2. The lowest BCUT2D eigenvalue weighted by Crippen LogP contribution is -2.17. The summed E-state index contributed by atoms with van der Waals surface area (Å²) in [5.74, 6) is -0.384. The second-order valence-corrected chi connectivity index (χ2v) is 3.68. The zero-order valence-electron chi connectivity index (χ0n) is 10.0. The minimum absolute atomic E-state index is 0.180. The molecule has 94 valence electrons. The number of nitrogens with one attached hydrogen (secondary N) is 1. The van der Waals surface area contributed by atoms with Crippen molar-refractivity contribution in [3.05, 3.63) is 35.6 Å². The van der Waals surface area contributed by atoms with Crippen LogP contribution in [0.5, 0.6) is 0 Å². The number of carbonyl (C=O) groups excluding carboxylic acids is 1. The maximum atomic E-state index is 13.2. The highest BCUT2D eigenvalue weighted by atomic mass is 19.1. The molecule has 0 fully saturated rings. The van der Waals surface area contributed by atoms with E-state index in [4.69, 9.17) is 4.74 Å². The lowest BCUT2D eigenvalue weighted by molar-refractivity contribution is -0.143. The smallest absolute Gasteiger partial charge is 0.305 e. The van der Waals surface area contributed by atoms with Crippen LogP contribution in [-0.2, 0) is 16.1 Å². The van der Waals surface area contributed by atoms with Crippen LogP contribution in [0.25, 0.3) is 0 Å². The van der Waals surface area contributed by atoms with Gasteiger partial charge in [0.1, 0.15) is 5.82 Å². The largest absolute Gasteiger partial charge is 0.466 e. The molecule has 0 radical (unpaired) electrons. The molecule has 0 unspecified atom stereocenters. The van der Waals surface area contributed by atoms with Gasteiger partial charge in [0, 0.05) is 18.5 Å². The molecule has 0 bridgehead atoms. The van der Waals surface area contributed by atoms with Crippen LogP contribution >= 0.6 is 0 Å². The Labute approximate surface area is 101 Å². The Morgan fingerprint density at radius 3 is 2.88 bits per heavy atom. The molecule has 0 saturated carbocycles. The van der Waals surface area contributed by atoms with Crippen LogP contribution in [0, 0.1) is 5.82 Å². The van der Waals surface area contributed by atoms with Crippen LogP contribution in [-0.4, -0.2) is 19.1 Å². The van der Waals surface area contributed by atoms with E-state index in [0.29, 0.717) is 38.1 Å². The maximum Gasteiger partial charge on any atom is 0.305 e. The van der Waals surface area contributed by atoms with E-state index in [9.17, 15) is 9.18 Å². The second-order valence-electron chi connectivity index (χ2n) is 3.68. The van der Waals surface area contributed by atoms with Gasteiger partial charge in [0.25, 0.3) is 0 Å². The molecule has 17 heavy (non-hydrogen) atoms. The molecule has 4 heteroatoms. The summed E-state index contributed by atoms with van der Waals surface area (Å²) in [5, 5.41) is 3.09. The molecule has 1 aromatic rings. The van der Waals surface area contributed by atoms with Gasteiger partial charge in [-0.1, -0.05) is 18.2 Å². The summed E-state index contributed by atoms with van der Waals surface area (Å²) in [6.45, 7) is 3.36. The van der Waals surface area contributed by atoms with E-state index < -0.39 is 0 Å². The average molecular weight is 239 g/mol. The monoisotopic (exact) mass is 239 g/mol. The third-order valence-corrected chi connectivity index (χ3v) is 2.31. The number of benzene rings is 1. The first-order chi connectivity index (χ1) is 8.24. The van der Waals surface area contributed by atoms with Gasteiger partial charge >= 0.3 is 5.97 Å². The van der Waals surface area contributed by atoms with Gasteiger partial charge in [0.15, 0.2) is 0 Å². The number of ether oxygens (including phenoxy) is 1. The van der Waals surface area contributed by atoms with Crippen molar-refractivity contribution in [3.63, 3.8) is 0 Å². The molecular weight excluding hydrogens is 221 g/mol. The fourth-order valence-electron chi connectivity index (χ4n) is 1.46. The van der Waals surface area contributed by atoms with Gasteiger partial charge in [-0.15, -0.1) is 0 Å². The molecular formula is C13H18FNO2. The predicted molar refractivity (Wildman–Crippen MR) is 64.0 cm³/mol. The number of rotatable bonds is 7. The second kappa shape index (κ2) is 7.79. The number of hydrogen-bond donors (Lipinski definition) is 1. The van der Waals surface area contributed by atoms with E-state index in [2.05, 4.69) is 5.32 Å². The van der Waals surface area contributed by atoms with Gasteiger partial charge < -0.3 is 10.1 Å². The molecule has 0 amide bonds. The summed E-state index contributed by atoms with van der Waals surface area (Å²) in [4.78, 5) is 11.0. The van der Waals surface area contributed by atoms with Crippen LogP contribution in [0.3, 0.4) is 0 Å². The molecule has 1 aromatic carbocycles. The summed E-state index contributed by atoms with van der Waals surface area (Å²) >= 11 is 0. The van der Waals surface area contributed by atoms with E-state index in [1.54, 1.807) is 25.1 Å². The molecule has 0 saturated heterocycles. The molecule has 0 spiro atoms. The Balaban J connectivity index is 2.13. The molecule has 1 N–H and O–H groups in total. The average Bonchev–Trinajstić information content (AvgIpc) is 2.31. The summed E-state index contributed by atoms with van der Waals surface area (Å²) in [5.41, 5.74) is 0.642. The first kappa shape index (κ1) is 13.6. The maximum absolute atomic E-state index is 13.2. The van der Waals surface area contributed by atoms with Gasteiger partial charge in [-0.3, -0.25) is 4.79 Å². The summed E-state index contributed by atoms with van der Waals surface area (Å²) < 4.78 is 18.0. The van der Waals surface area contributed by atoms with E-state index in [0.717, 1.165) is 0 Å². The molecule has 0 aliphatic rings. The van der Waals surface area contributed by atoms with Crippen molar-refractivity contribution >= 4 is 5.97 Å². The Morgan fingerprint density at radius 2 is 2.18 bits per heavy atom. The van der Waals surface area contributed by atoms with Gasteiger partial charge in [-0.05, 0) is 26.0 Å². The van der Waals surface area contributed by atoms with Crippen LogP contribution in [0.15, 0.2) is 24.3 Å². The Kier molecular flexibility index (Phi) is 6.25. The molecule has 0 aliphatic heterocycles. The fourth-order valence-corrected chi connectivity index (χ4v) is 1.46. The first-order valence-electron chi connectivity index (χ1n) is 5.83. The van der Waals surface area contributed by atoms with E-state index in [1.807, 2.05) is 0 Å². The topological polar surface area (TPSA) is 38.3 Å². The normalized spacial score (nSPS) is 10.2. The number of esters is 1. The van der Waals surface area contributed by atoms with E-state index in [-0.39, 0.29) is 11.8 Å². The van der Waals surface area contributed by atoms with Gasteiger partial charge in [0.2, 0.25) is 0 Å². The highest BCUT2D eigenvalue weighted by molar-refractivity contribution is 5.69. The molecule has 0 heterocycles. The lowest BCUT2D eigenvalue weighted by Gasteiger charge is -2.05. The van der Waals surface area contributed by atoms with E-state index >= 15 is 0 Å². The van der Waals surface area contributed by atoms with Gasteiger partial charge in [-0.25, -0.2) is 4.39 Å². The highest BCUT2D eigenvalue weighted by Gasteiger charge is 2.02. The van der Waals surface area contributed by atoms with Crippen LogP contribution < -0.4 is 5.32 Å². The van der Waals surface area contributed by atoms with Gasteiger partial charge in [0.05, 0.1) is 6.61 Å². The molecule has 0 aromatic heterocycles. The summed E-state index contributed by atoms with van der Waals surface area (Å²) in [6, 6.07) is 6.65. The number of carbonyl (C=O) groups is 1. The SMILES string of the molecule is CCOC(=O)CCCNCc1ccccc1F. The van der Waals surface area contributed by atoms with Crippen molar-refractivity contribution in [1.29, 1.82) is 0 Å².